The van der Waals surface area contributed by atoms with Crippen LogP contribution in [-0.4, -0.2) is 44.8 Å². The quantitative estimate of drug-likeness (QED) is 0.473. The molecule has 0 spiro atoms. The number of carbonyl (C=O) groups is 1. The van der Waals surface area contributed by atoms with Crippen molar-refractivity contribution in [2.75, 3.05) is 29.9 Å². The molecule has 0 bridgehead atoms. The fraction of sp³-hybridized carbons (Fsp3) is 0.231. The standard InChI is InChI=1S/C26H28N4O3S/c1-4-34(32,33)29-21-13-14-23-22(16-21)24(26(31)28-23)25(19-10-6-5-7-11-19)27-20-12-8-9-18(15-20)17-30(2)3/h5-16,24,29H,4,17H2,1-3H3,(H,28,31). The van der Waals surface area contributed by atoms with Crippen LogP contribution in [0.1, 0.15) is 29.5 Å². The molecular formula is C26H28N4O3S. The van der Waals surface area contributed by atoms with Gasteiger partial charge in [-0.05, 0) is 68.0 Å². The summed E-state index contributed by atoms with van der Waals surface area (Å²) in [5.74, 6) is -0.913. The maximum Gasteiger partial charge on any atom is 0.238 e. The molecule has 7 nitrogen and oxygen atoms in total. The van der Waals surface area contributed by atoms with Crippen LogP contribution < -0.4 is 10.0 Å². The SMILES string of the molecule is CCS(=O)(=O)Nc1ccc2c(c1)C(C(=Nc1cccc(CN(C)C)c1)c1ccccc1)C(=O)N2. The zero-order valence-corrected chi connectivity index (χ0v) is 20.3. The number of benzene rings is 3. The van der Waals surface area contributed by atoms with Crippen molar-refractivity contribution in [3.63, 3.8) is 0 Å². The van der Waals surface area contributed by atoms with E-state index in [9.17, 15) is 13.2 Å². The van der Waals surface area contributed by atoms with Gasteiger partial charge in [0.1, 0.15) is 5.92 Å². The molecule has 2 N–H and O–H groups in total. The normalized spacial score (nSPS) is 15.8. The van der Waals surface area contributed by atoms with Crippen molar-refractivity contribution in [2.24, 2.45) is 4.99 Å². The van der Waals surface area contributed by atoms with Crippen LogP contribution in [0.2, 0.25) is 0 Å². The average molecular weight is 477 g/mol. The Hall–Kier alpha value is -3.49. The van der Waals surface area contributed by atoms with E-state index in [4.69, 9.17) is 4.99 Å². The number of amides is 1. The van der Waals surface area contributed by atoms with Crippen molar-refractivity contribution in [2.45, 2.75) is 19.4 Å². The van der Waals surface area contributed by atoms with Gasteiger partial charge in [-0.25, -0.2) is 8.42 Å². The molecule has 3 aromatic rings. The summed E-state index contributed by atoms with van der Waals surface area (Å²) in [6, 6.07) is 22.6. The van der Waals surface area contributed by atoms with E-state index < -0.39 is 15.9 Å². The van der Waals surface area contributed by atoms with E-state index in [0.29, 0.717) is 22.6 Å². The largest absolute Gasteiger partial charge is 0.325 e. The summed E-state index contributed by atoms with van der Waals surface area (Å²) in [7, 11) is 0.573. The highest BCUT2D eigenvalue weighted by molar-refractivity contribution is 7.92. The van der Waals surface area contributed by atoms with Gasteiger partial charge in [0.25, 0.3) is 0 Å². The van der Waals surface area contributed by atoms with Crippen LogP contribution in [0.4, 0.5) is 17.1 Å². The molecule has 4 rings (SSSR count). The molecule has 0 aliphatic carbocycles. The number of rotatable bonds is 8. The first-order valence-corrected chi connectivity index (χ1v) is 12.7. The number of aliphatic imine (C=N–C) groups is 1. The van der Waals surface area contributed by atoms with Gasteiger partial charge in [-0.3, -0.25) is 14.5 Å². The van der Waals surface area contributed by atoms with Crippen molar-refractivity contribution in [3.8, 4) is 0 Å². The molecule has 1 amide bonds. The van der Waals surface area contributed by atoms with Crippen LogP contribution >= 0.6 is 0 Å². The maximum atomic E-state index is 13.2. The molecule has 0 radical (unpaired) electrons. The van der Waals surface area contributed by atoms with Crippen LogP contribution in [0.3, 0.4) is 0 Å². The van der Waals surface area contributed by atoms with Crippen molar-refractivity contribution in [3.05, 3.63) is 89.5 Å². The van der Waals surface area contributed by atoms with Gasteiger partial charge in [0.15, 0.2) is 0 Å². The summed E-state index contributed by atoms with van der Waals surface area (Å²) >= 11 is 0. The summed E-state index contributed by atoms with van der Waals surface area (Å²) < 4.78 is 26.8. The van der Waals surface area contributed by atoms with E-state index in [1.54, 1.807) is 25.1 Å². The molecule has 0 aromatic heterocycles. The molecule has 1 atom stereocenters. The van der Waals surface area contributed by atoms with Gasteiger partial charge >= 0.3 is 0 Å². The van der Waals surface area contributed by atoms with E-state index in [0.717, 1.165) is 23.4 Å². The Morgan fingerprint density at radius 1 is 1.03 bits per heavy atom. The van der Waals surface area contributed by atoms with Crippen LogP contribution in [0, 0.1) is 0 Å². The molecule has 0 saturated carbocycles. The zero-order chi connectivity index (χ0) is 24.3. The highest BCUT2D eigenvalue weighted by Crippen LogP contribution is 2.38. The summed E-state index contributed by atoms with van der Waals surface area (Å²) in [5.41, 5.74) is 5.06. The number of nitrogens with one attached hydrogen (secondary N) is 2. The molecule has 34 heavy (non-hydrogen) atoms. The van der Waals surface area contributed by atoms with E-state index in [1.165, 1.54) is 0 Å². The minimum atomic E-state index is -3.45. The number of nitrogens with zero attached hydrogens (tertiary/aromatic N) is 2. The lowest BCUT2D eigenvalue weighted by atomic mass is 9.90. The van der Waals surface area contributed by atoms with E-state index in [-0.39, 0.29) is 11.7 Å². The van der Waals surface area contributed by atoms with Crippen molar-refractivity contribution in [1.29, 1.82) is 0 Å². The van der Waals surface area contributed by atoms with Gasteiger partial charge in [-0.2, -0.15) is 0 Å². The molecule has 1 aliphatic heterocycles. The van der Waals surface area contributed by atoms with Gasteiger partial charge in [-0.1, -0.05) is 42.5 Å². The third-order valence-electron chi connectivity index (χ3n) is 5.54. The topological polar surface area (TPSA) is 90.9 Å². The number of sulfonamides is 1. The molecule has 3 aromatic carbocycles. The molecule has 1 aliphatic rings. The third-order valence-corrected chi connectivity index (χ3v) is 6.84. The Morgan fingerprint density at radius 3 is 2.50 bits per heavy atom. The summed E-state index contributed by atoms with van der Waals surface area (Å²) in [5, 5.41) is 2.92. The van der Waals surface area contributed by atoms with Gasteiger partial charge in [0.05, 0.1) is 17.2 Å². The average Bonchev–Trinajstić information content (AvgIpc) is 3.12. The minimum Gasteiger partial charge on any atom is -0.325 e. The van der Waals surface area contributed by atoms with Crippen molar-refractivity contribution >= 4 is 38.7 Å². The molecule has 1 heterocycles. The first kappa shape index (κ1) is 23.7. The molecular weight excluding hydrogens is 448 g/mol. The van der Waals surface area contributed by atoms with Crippen molar-refractivity contribution in [1.82, 2.24) is 4.90 Å². The van der Waals surface area contributed by atoms with Gasteiger partial charge in [-0.15, -0.1) is 0 Å². The van der Waals surface area contributed by atoms with Gasteiger partial charge in [0.2, 0.25) is 15.9 Å². The summed E-state index contributed by atoms with van der Waals surface area (Å²) in [6.45, 7) is 2.35. The fourth-order valence-corrected chi connectivity index (χ4v) is 4.61. The number of hydrogen-bond acceptors (Lipinski definition) is 5. The maximum absolute atomic E-state index is 13.2. The number of carbonyl (C=O) groups excluding carboxylic acids is 1. The van der Waals surface area contributed by atoms with Gasteiger partial charge < -0.3 is 10.2 Å². The minimum absolute atomic E-state index is 0.0370. The second kappa shape index (κ2) is 9.79. The lowest BCUT2D eigenvalue weighted by Crippen LogP contribution is -2.22. The van der Waals surface area contributed by atoms with Crippen molar-refractivity contribution < 1.29 is 13.2 Å². The third kappa shape index (κ3) is 5.35. The Morgan fingerprint density at radius 2 is 1.79 bits per heavy atom. The monoisotopic (exact) mass is 476 g/mol. The predicted molar refractivity (Wildman–Crippen MR) is 137 cm³/mol. The van der Waals surface area contributed by atoms with E-state index in [1.807, 2.05) is 68.7 Å². The predicted octanol–water partition coefficient (Wildman–Crippen LogP) is 4.37. The Kier molecular flexibility index (Phi) is 6.81. The fourth-order valence-electron chi connectivity index (χ4n) is 3.98. The molecule has 1 unspecified atom stereocenters. The Bertz CT molecular complexity index is 1340. The van der Waals surface area contributed by atoms with Crippen LogP contribution in [-0.2, 0) is 21.4 Å². The molecule has 0 saturated heterocycles. The highest BCUT2D eigenvalue weighted by Gasteiger charge is 2.35. The summed E-state index contributed by atoms with van der Waals surface area (Å²) in [4.78, 5) is 20.2. The second-order valence-electron chi connectivity index (χ2n) is 8.50. The number of fused-ring (bicyclic) bond motifs is 1. The highest BCUT2D eigenvalue weighted by atomic mass is 32.2. The lowest BCUT2D eigenvalue weighted by Gasteiger charge is -2.15. The second-order valence-corrected chi connectivity index (χ2v) is 10.5. The lowest BCUT2D eigenvalue weighted by molar-refractivity contribution is -0.115. The molecule has 0 fully saturated rings. The number of anilines is 2. The first-order valence-electron chi connectivity index (χ1n) is 11.1. The van der Waals surface area contributed by atoms with Crippen LogP contribution in [0.5, 0.6) is 0 Å². The summed E-state index contributed by atoms with van der Waals surface area (Å²) in [6.07, 6.45) is 0. The van der Waals surface area contributed by atoms with Crippen LogP contribution in [0.25, 0.3) is 0 Å². The Labute approximate surface area is 200 Å². The van der Waals surface area contributed by atoms with E-state index >= 15 is 0 Å². The smallest absolute Gasteiger partial charge is 0.238 e. The Balaban J connectivity index is 1.81. The first-order chi connectivity index (χ1) is 16.3. The molecule has 8 heteroatoms. The molecule has 176 valence electrons. The van der Waals surface area contributed by atoms with E-state index in [2.05, 4.69) is 14.9 Å². The number of hydrogen-bond donors (Lipinski definition) is 2. The van der Waals surface area contributed by atoms with Crippen LogP contribution in [0.15, 0.2) is 77.8 Å². The zero-order valence-electron chi connectivity index (χ0n) is 19.4. The van der Waals surface area contributed by atoms with Gasteiger partial charge in [0, 0.05) is 17.9 Å².